The summed E-state index contributed by atoms with van der Waals surface area (Å²) in [6.45, 7) is 0. The van der Waals surface area contributed by atoms with Gasteiger partial charge >= 0.3 is 29.1 Å². The van der Waals surface area contributed by atoms with Crippen molar-refractivity contribution in [2.75, 3.05) is 14.2 Å². The lowest BCUT2D eigenvalue weighted by atomic mass is 10.1. The molecule has 0 heterocycles. The number of esters is 2. The topological polar surface area (TPSA) is 142 Å². The lowest BCUT2D eigenvalue weighted by molar-refractivity contribution is -0.141. The molecule has 0 radical (unpaired) electrons. The normalized spacial score (nSPS) is 8.12. The minimum absolute atomic E-state index is 0.925. The third-order valence-corrected chi connectivity index (χ3v) is 1.39. The first kappa shape index (κ1) is 13.4. The highest BCUT2D eigenvalue weighted by atomic mass is 16.5. The Kier molecular flexibility index (Phi) is 4.99. The number of ether oxygens (including phenoxy) is 2. The van der Waals surface area contributed by atoms with Crippen molar-refractivity contribution in [1.29, 1.82) is 0 Å². The first-order valence-electron chi connectivity index (χ1n) is 3.68. The molecule has 0 aliphatic heterocycles. The number of methoxy groups -OCH3 is 2. The van der Waals surface area contributed by atoms with Crippen molar-refractivity contribution in [2.45, 2.75) is 0 Å². The van der Waals surface area contributed by atoms with Gasteiger partial charge in [-0.15, -0.1) is 0 Å². The molecule has 0 N–H and O–H groups in total. The van der Waals surface area contributed by atoms with E-state index in [2.05, 4.69) is 19.1 Å². The monoisotopic (exact) mass is 226 g/mol. The lowest BCUT2D eigenvalue weighted by Crippen LogP contribution is -2.37. The molecular weight excluding hydrogens is 220 g/mol. The Bertz CT molecular complexity index is 402. The molecular formula is C7H6N4O5. The number of nitrogens with zero attached hydrogens (tertiary/aromatic N) is 4. The zero-order chi connectivity index (χ0) is 12.7. The molecule has 0 aromatic heterocycles. The predicted molar refractivity (Wildman–Crippen MR) is 46.3 cm³/mol. The van der Waals surface area contributed by atoms with E-state index < -0.39 is 29.1 Å². The summed E-state index contributed by atoms with van der Waals surface area (Å²) in [6.07, 6.45) is 0. The summed E-state index contributed by atoms with van der Waals surface area (Å²) >= 11 is 0. The first-order valence-corrected chi connectivity index (χ1v) is 3.68. The van der Waals surface area contributed by atoms with Crippen LogP contribution in [0.4, 0.5) is 0 Å². The standard InChI is InChI=1S/C7H6N4O5/c1-15-6(13)3(10-8)5(12)4(11-9)7(14)16-2/h1-2H3. The number of Topliss-reactive ketones (excluding diaryl/α,β-unsaturated/α-hetero) is 1. The van der Waals surface area contributed by atoms with Crippen molar-refractivity contribution in [1.82, 2.24) is 0 Å². The van der Waals surface area contributed by atoms with Crippen LogP contribution in [0.15, 0.2) is 0 Å². The van der Waals surface area contributed by atoms with E-state index in [-0.39, 0.29) is 0 Å². The van der Waals surface area contributed by atoms with E-state index in [0.717, 1.165) is 14.2 Å². The molecule has 0 aromatic carbocycles. The van der Waals surface area contributed by atoms with E-state index in [0.29, 0.717) is 0 Å². The van der Waals surface area contributed by atoms with Gasteiger partial charge in [-0.05, 0) is 0 Å². The molecule has 9 heteroatoms. The molecule has 0 saturated carbocycles. The van der Waals surface area contributed by atoms with Gasteiger partial charge in [-0.25, -0.2) is 9.59 Å². The second-order valence-corrected chi connectivity index (χ2v) is 2.21. The van der Waals surface area contributed by atoms with Crippen LogP contribution in [0.1, 0.15) is 0 Å². The van der Waals surface area contributed by atoms with Crippen LogP contribution in [-0.2, 0) is 23.9 Å². The van der Waals surface area contributed by atoms with Gasteiger partial charge in [-0.1, -0.05) is 0 Å². The van der Waals surface area contributed by atoms with Crippen LogP contribution in [0.3, 0.4) is 0 Å². The van der Waals surface area contributed by atoms with E-state index in [1.54, 1.807) is 0 Å². The quantitative estimate of drug-likeness (QED) is 0.183. The third-order valence-electron chi connectivity index (χ3n) is 1.39. The maximum atomic E-state index is 11.3. The van der Waals surface area contributed by atoms with Gasteiger partial charge in [0.05, 0.1) is 14.2 Å². The fourth-order valence-electron chi connectivity index (χ4n) is 0.663. The van der Waals surface area contributed by atoms with Crippen molar-refractivity contribution in [2.24, 2.45) is 0 Å². The van der Waals surface area contributed by atoms with Gasteiger partial charge in [0.15, 0.2) is 0 Å². The van der Waals surface area contributed by atoms with Crippen molar-refractivity contribution in [3.8, 4) is 0 Å². The average Bonchev–Trinajstić information content (AvgIpc) is 2.30. The van der Waals surface area contributed by atoms with Crippen molar-refractivity contribution >= 4 is 29.1 Å². The number of hydrogen-bond donors (Lipinski definition) is 0. The Morgan fingerprint density at radius 3 is 1.38 bits per heavy atom. The molecule has 9 nitrogen and oxygen atoms in total. The van der Waals surface area contributed by atoms with E-state index in [9.17, 15) is 14.4 Å². The molecule has 0 aliphatic rings. The zero-order valence-corrected chi connectivity index (χ0v) is 8.33. The Morgan fingerprint density at radius 2 is 1.19 bits per heavy atom. The number of carbonyl (C=O) groups excluding carboxylic acids is 3. The number of carbonyl (C=O) groups is 3. The van der Waals surface area contributed by atoms with Crippen LogP contribution in [0.2, 0.25) is 0 Å². The van der Waals surface area contributed by atoms with Crippen LogP contribution in [0.5, 0.6) is 0 Å². The van der Waals surface area contributed by atoms with Gasteiger partial charge in [0, 0.05) is 0 Å². The Labute approximate surface area is 88.8 Å². The highest BCUT2D eigenvalue weighted by Crippen LogP contribution is 1.88. The van der Waals surface area contributed by atoms with Gasteiger partial charge in [0.2, 0.25) is 0 Å². The number of rotatable bonds is 4. The molecule has 0 aliphatic carbocycles. The maximum absolute atomic E-state index is 11.3. The number of hydrogen-bond acceptors (Lipinski definition) is 5. The summed E-state index contributed by atoms with van der Waals surface area (Å²) in [5, 5.41) is 0. The fraction of sp³-hybridized carbons (Fsp3) is 0.286. The molecule has 0 unspecified atom stereocenters. The minimum atomic E-state index is -1.43. The van der Waals surface area contributed by atoms with Gasteiger partial charge < -0.3 is 20.5 Å². The lowest BCUT2D eigenvalue weighted by Gasteiger charge is -1.91. The maximum Gasteiger partial charge on any atom is 0.454 e. The molecule has 0 fully saturated rings. The zero-order valence-electron chi connectivity index (χ0n) is 8.33. The Morgan fingerprint density at radius 1 is 0.875 bits per heavy atom. The molecule has 0 amide bonds. The van der Waals surface area contributed by atoms with Crippen molar-refractivity contribution in [3.63, 3.8) is 0 Å². The van der Waals surface area contributed by atoms with Crippen LogP contribution in [0, 0.1) is 0 Å². The van der Waals surface area contributed by atoms with Gasteiger partial charge in [-0.3, -0.25) is 4.79 Å². The van der Waals surface area contributed by atoms with Crippen LogP contribution >= 0.6 is 0 Å². The van der Waals surface area contributed by atoms with Crippen LogP contribution < -0.4 is 0 Å². The highest BCUT2D eigenvalue weighted by molar-refractivity contribution is 6.85. The largest absolute Gasteiger partial charge is 0.460 e. The van der Waals surface area contributed by atoms with Crippen molar-refractivity contribution < 1.29 is 33.4 Å². The molecule has 0 aromatic rings. The summed E-state index contributed by atoms with van der Waals surface area (Å²) in [6, 6.07) is 0. The molecule has 16 heavy (non-hydrogen) atoms. The average molecular weight is 226 g/mol. The van der Waals surface area contributed by atoms with Crippen LogP contribution in [-0.4, -0.2) is 52.9 Å². The molecule has 0 spiro atoms. The van der Waals surface area contributed by atoms with E-state index in [1.165, 1.54) is 0 Å². The van der Waals surface area contributed by atoms with E-state index in [4.69, 9.17) is 11.1 Å². The minimum Gasteiger partial charge on any atom is -0.460 e. The van der Waals surface area contributed by atoms with Crippen molar-refractivity contribution in [3.05, 3.63) is 11.1 Å². The van der Waals surface area contributed by atoms with Gasteiger partial charge in [0.1, 0.15) is 0 Å². The summed E-state index contributed by atoms with van der Waals surface area (Å²) in [4.78, 5) is 37.8. The molecule has 0 atom stereocenters. The Balaban J connectivity index is 5.35. The summed E-state index contributed by atoms with van der Waals surface area (Å²) in [5.41, 5.74) is 14.5. The molecule has 0 rings (SSSR count). The molecule has 0 saturated heterocycles. The second-order valence-electron chi connectivity index (χ2n) is 2.21. The fourth-order valence-corrected chi connectivity index (χ4v) is 0.663. The second kappa shape index (κ2) is 5.97. The summed E-state index contributed by atoms with van der Waals surface area (Å²) in [7, 11) is 1.85. The van der Waals surface area contributed by atoms with E-state index >= 15 is 0 Å². The first-order chi connectivity index (χ1) is 7.53. The molecule has 84 valence electrons. The summed E-state index contributed by atoms with van der Waals surface area (Å²) in [5.74, 6) is -4.01. The third kappa shape index (κ3) is 2.68. The van der Waals surface area contributed by atoms with E-state index in [1.807, 2.05) is 0 Å². The van der Waals surface area contributed by atoms with Gasteiger partial charge in [-0.2, -0.15) is 9.58 Å². The SMILES string of the molecule is COC(=O)C(=[N+]=[N-])C(=O)C(=[N+]=[N-])C(=O)OC. The summed E-state index contributed by atoms with van der Waals surface area (Å²) < 4.78 is 8.19. The highest BCUT2D eigenvalue weighted by Gasteiger charge is 2.44. The number of ketones is 1. The van der Waals surface area contributed by atoms with Crippen LogP contribution in [0.25, 0.3) is 11.1 Å². The smallest absolute Gasteiger partial charge is 0.454 e. The van der Waals surface area contributed by atoms with Gasteiger partial charge in [0.25, 0.3) is 0 Å². The molecule has 0 bridgehead atoms. The Hall–Kier alpha value is -2.63. The predicted octanol–water partition coefficient (Wildman–Crippen LogP) is -1.76.